The molecule has 0 aliphatic carbocycles. The van der Waals surface area contributed by atoms with Gasteiger partial charge < -0.3 is 10.2 Å². The van der Waals surface area contributed by atoms with Gasteiger partial charge in [0.2, 0.25) is 11.8 Å². The van der Waals surface area contributed by atoms with Gasteiger partial charge in [-0.05, 0) is 25.5 Å². The molecule has 3 amide bonds. The van der Waals surface area contributed by atoms with Gasteiger partial charge in [0.1, 0.15) is 5.66 Å². The highest BCUT2D eigenvalue weighted by Crippen LogP contribution is 2.43. The molecular weight excluding hydrogens is 400 g/mol. The minimum atomic E-state index is -0.732. The normalized spacial score (nSPS) is 20.5. The fourth-order valence-electron chi connectivity index (χ4n) is 4.20. The largest absolute Gasteiger partial charge is 0.350 e. The highest BCUT2D eigenvalue weighted by atomic mass is 32.1. The van der Waals surface area contributed by atoms with E-state index >= 15 is 0 Å². The molecule has 1 aromatic carbocycles. The van der Waals surface area contributed by atoms with Crippen LogP contribution in [-0.2, 0) is 16.1 Å². The Morgan fingerprint density at radius 1 is 1.30 bits per heavy atom. The second-order valence-electron chi connectivity index (χ2n) is 8.28. The summed E-state index contributed by atoms with van der Waals surface area (Å²) < 4.78 is 0. The number of para-hydroxylation sites is 1. The molecule has 30 heavy (non-hydrogen) atoms. The quantitative estimate of drug-likeness (QED) is 0.769. The van der Waals surface area contributed by atoms with E-state index < -0.39 is 5.66 Å². The van der Waals surface area contributed by atoms with E-state index in [0.29, 0.717) is 36.6 Å². The van der Waals surface area contributed by atoms with Crippen LogP contribution in [0.25, 0.3) is 0 Å². The van der Waals surface area contributed by atoms with E-state index in [0.717, 1.165) is 10.7 Å². The van der Waals surface area contributed by atoms with Gasteiger partial charge in [-0.25, -0.2) is 4.98 Å². The zero-order valence-corrected chi connectivity index (χ0v) is 18.3. The number of anilines is 1. The van der Waals surface area contributed by atoms with E-state index in [-0.39, 0.29) is 30.7 Å². The molecule has 1 saturated heterocycles. The van der Waals surface area contributed by atoms with Gasteiger partial charge in [-0.15, -0.1) is 11.3 Å². The Bertz CT molecular complexity index is 1000. The zero-order valence-electron chi connectivity index (χ0n) is 17.5. The fourth-order valence-corrected chi connectivity index (χ4v) is 5.04. The Hall–Kier alpha value is -2.74. The van der Waals surface area contributed by atoms with Crippen molar-refractivity contribution < 1.29 is 14.4 Å². The number of fused-ring (bicyclic) bond motifs is 3. The second-order valence-corrected chi connectivity index (χ2v) is 9.17. The van der Waals surface area contributed by atoms with E-state index in [4.69, 9.17) is 0 Å². The molecule has 2 aliphatic heterocycles. The van der Waals surface area contributed by atoms with Crippen LogP contribution in [0.2, 0.25) is 0 Å². The molecule has 158 valence electrons. The van der Waals surface area contributed by atoms with Crippen LogP contribution in [0.1, 0.15) is 67.0 Å². The molecule has 0 saturated carbocycles. The number of rotatable bonds is 6. The lowest BCUT2D eigenvalue weighted by Gasteiger charge is -2.48. The van der Waals surface area contributed by atoms with Crippen molar-refractivity contribution in [2.45, 2.75) is 58.2 Å². The van der Waals surface area contributed by atoms with E-state index in [1.807, 2.05) is 24.4 Å². The average Bonchev–Trinajstić information content (AvgIpc) is 3.31. The van der Waals surface area contributed by atoms with Crippen LogP contribution in [0.4, 0.5) is 5.69 Å². The lowest BCUT2D eigenvalue weighted by molar-refractivity contribution is -0.121. The first-order valence-electron chi connectivity index (χ1n) is 10.3. The number of carbonyl (C=O) groups excluding carboxylic acids is 3. The molecule has 0 radical (unpaired) electrons. The standard InChI is InChI=1S/C22H26N4O3S/c1-14(2)20-24-15(13-30-20)12-23-18(27)9-11-25-21(29)16-6-4-5-7-17(16)26-19(28)8-10-22(25,26)3/h4-7,13-14H,8-12H2,1-3H3,(H,23,27). The van der Waals surface area contributed by atoms with Crippen molar-refractivity contribution in [2.24, 2.45) is 0 Å². The SMILES string of the molecule is CC(C)c1nc(CNC(=O)CCN2C(=O)c3ccccc3N3C(=O)CCC23C)cs1. The summed E-state index contributed by atoms with van der Waals surface area (Å²) in [5, 5.41) is 5.91. The van der Waals surface area contributed by atoms with Crippen LogP contribution < -0.4 is 10.2 Å². The molecule has 1 N–H and O–H groups in total. The highest BCUT2D eigenvalue weighted by molar-refractivity contribution is 7.09. The summed E-state index contributed by atoms with van der Waals surface area (Å²) in [7, 11) is 0. The molecule has 1 unspecified atom stereocenters. The monoisotopic (exact) mass is 426 g/mol. The lowest BCUT2D eigenvalue weighted by Crippen LogP contribution is -2.62. The zero-order chi connectivity index (χ0) is 21.5. The van der Waals surface area contributed by atoms with Crippen molar-refractivity contribution in [1.82, 2.24) is 15.2 Å². The van der Waals surface area contributed by atoms with Crippen LogP contribution >= 0.6 is 11.3 Å². The molecular formula is C22H26N4O3S. The first kappa shape index (κ1) is 20.5. The Morgan fingerprint density at radius 3 is 2.80 bits per heavy atom. The Labute approximate surface area is 180 Å². The topological polar surface area (TPSA) is 82.6 Å². The van der Waals surface area contributed by atoms with E-state index in [9.17, 15) is 14.4 Å². The molecule has 2 aromatic rings. The van der Waals surface area contributed by atoms with Crippen LogP contribution in [0, 0.1) is 0 Å². The van der Waals surface area contributed by atoms with Crippen LogP contribution in [-0.4, -0.2) is 39.8 Å². The molecule has 1 aromatic heterocycles. The number of thiazole rings is 1. The summed E-state index contributed by atoms with van der Waals surface area (Å²) in [5.74, 6) is 0.106. The minimum absolute atomic E-state index is 0.0105. The Kier molecular flexibility index (Phi) is 5.36. The molecule has 7 nitrogen and oxygen atoms in total. The number of amides is 3. The van der Waals surface area contributed by atoms with Gasteiger partial charge in [-0.1, -0.05) is 26.0 Å². The van der Waals surface area contributed by atoms with Crippen molar-refractivity contribution in [1.29, 1.82) is 0 Å². The van der Waals surface area contributed by atoms with Gasteiger partial charge in [0, 0.05) is 30.7 Å². The summed E-state index contributed by atoms with van der Waals surface area (Å²) in [6.45, 7) is 6.72. The molecule has 1 atom stereocenters. The van der Waals surface area contributed by atoms with Crippen LogP contribution in [0.3, 0.4) is 0 Å². The van der Waals surface area contributed by atoms with Gasteiger partial charge in [0.05, 0.1) is 28.5 Å². The summed E-state index contributed by atoms with van der Waals surface area (Å²) in [6, 6.07) is 7.19. The van der Waals surface area contributed by atoms with Crippen LogP contribution in [0.5, 0.6) is 0 Å². The van der Waals surface area contributed by atoms with Gasteiger partial charge >= 0.3 is 0 Å². The molecule has 1 fully saturated rings. The Morgan fingerprint density at radius 2 is 2.07 bits per heavy atom. The third kappa shape index (κ3) is 3.49. The number of carbonyl (C=O) groups is 3. The summed E-state index contributed by atoms with van der Waals surface area (Å²) in [5.41, 5.74) is 1.29. The smallest absolute Gasteiger partial charge is 0.257 e. The van der Waals surface area contributed by atoms with Gasteiger partial charge in [-0.2, -0.15) is 0 Å². The number of aromatic nitrogens is 1. The molecule has 2 aliphatic rings. The summed E-state index contributed by atoms with van der Waals surface area (Å²) >= 11 is 1.60. The van der Waals surface area contributed by atoms with Crippen molar-refractivity contribution in [3.8, 4) is 0 Å². The molecule has 4 rings (SSSR count). The van der Waals surface area contributed by atoms with Crippen molar-refractivity contribution in [2.75, 3.05) is 11.4 Å². The Balaban J connectivity index is 1.44. The third-order valence-electron chi connectivity index (χ3n) is 5.84. The molecule has 0 spiro atoms. The molecule has 0 bridgehead atoms. The first-order chi connectivity index (χ1) is 14.3. The highest BCUT2D eigenvalue weighted by Gasteiger charge is 2.52. The predicted molar refractivity (Wildman–Crippen MR) is 115 cm³/mol. The predicted octanol–water partition coefficient (Wildman–Crippen LogP) is 3.27. The van der Waals surface area contributed by atoms with Gasteiger partial charge in [-0.3, -0.25) is 19.3 Å². The minimum Gasteiger partial charge on any atom is -0.350 e. The van der Waals surface area contributed by atoms with Gasteiger partial charge in [0.15, 0.2) is 0 Å². The number of hydrogen-bond acceptors (Lipinski definition) is 5. The number of nitrogens with zero attached hydrogens (tertiary/aromatic N) is 3. The molecule has 8 heteroatoms. The third-order valence-corrected chi connectivity index (χ3v) is 7.03. The van der Waals surface area contributed by atoms with E-state index in [2.05, 4.69) is 24.1 Å². The first-order valence-corrected chi connectivity index (χ1v) is 11.1. The second kappa shape index (κ2) is 7.83. The van der Waals surface area contributed by atoms with Gasteiger partial charge in [0.25, 0.3) is 5.91 Å². The fraction of sp³-hybridized carbons (Fsp3) is 0.455. The van der Waals surface area contributed by atoms with E-state index in [1.54, 1.807) is 33.3 Å². The summed E-state index contributed by atoms with van der Waals surface area (Å²) in [4.78, 5) is 46.1. The average molecular weight is 427 g/mol. The number of nitrogens with one attached hydrogen (secondary N) is 1. The number of hydrogen-bond donors (Lipinski definition) is 1. The van der Waals surface area contributed by atoms with Crippen molar-refractivity contribution >= 4 is 34.7 Å². The van der Waals surface area contributed by atoms with Crippen molar-refractivity contribution in [3.05, 3.63) is 45.9 Å². The lowest BCUT2D eigenvalue weighted by atomic mass is 9.98. The maximum atomic E-state index is 13.2. The van der Waals surface area contributed by atoms with E-state index in [1.165, 1.54) is 0 Å². The summed E-state index contributed by atoms with van der Waals surface area (Å²) in [6.07, 6.45) is 1.12. The van der Waals surface area contributed by atoms with Crippen LogP contribution in [0.15, 0.2) is 29.6 Å². The molecule has 3 heterocycles. The maximum absolute atomic E-state index is 13.2. The van der Waals surface area contributed by atoms with Crippen molar-refractivity contribution in [3.63, 3.8) is 0 Å². The maximum Gasteiger partial charge on any atom is 0.257 e. The number of benzene rings is 1.